The number of amides is 1. The maximum Gasteiger partial charge on any atom is 0.264 e. The summed E-state index contributed by atoms with van der Waals surface area (Å²) in [7, 11) is -3.98. The summed E-state index contributed by atoms with van der Waals surface area (Å²) in [6.45, 7) is -0.437. The Bertz CT molecular complexity index is 1280. The lowest BCUT2D eigenvalue weighted by Gasteiger charge is -2.25. The van der Waals surface area contributed by atoms with E-state index in [-0.39, 0.29) is 11.0 Å². The highest BCUT2D eigenvalue weighted by Crippen LogP contribution is 2.26. The van der Waals surface area contributed by atoms with Crippen LogP contribution >= 0.6 is 27.7 Å². The number of sulfonamides is 1. The number of benzene rings is 3. The predicted octanol–water partition coefficient (Wildman–Crippen LogP) is 4.29. The SMILES string of the molecule is O=C(CN(c1cccc(Br)c1)S(=O)(=O)c1ccccc1)N/N=C\c1cccc(OC2CSC2)c1. The molecule has 0 aromatic heterocycles. The van der Waals surface area contributed by atoms with Gasteiger partial charge in [0.25, 0.3) is 15.9 Å². The number of nitrogens with one attached hydrogen (secondary N) is 1. The number of hydrogen-bond donors (Lipinski definition) is 1. The van der Waals surface area contributed by atoms with Crippen LogP contribution in [0.3, 0.4) is 0 Å². The van der Waals surface area contributed by atoms with E-state index in [4.69, 9.17) is 4.74 Å². The molecular formula is C24H22BrN3O4S2. The second-order valence-electron chi connectivity index (χ2n) is 7.45. The maximum atomic E-state index is 13.3. The molecule has 176 valence electrons. The van der Waals surface area contributed by atoms with Crippen molar-refractivity contribution in [2.24, 2.45) is 5.10 Å². The van der Waals surface area contributed by atoms with Crippen molar-refractivity contribution in [3.05, 3.63) is 88.9 Å². The Morgan fingerprint density at radius 3 is 2.56 bits per heavy atom. The maximum absolute atomic E-state index is 13.3. The third kappa shape index (κ3) is 6.19. The van der Waals surface area contributed by atoms with Gasteiger partial charge in [0.05, 0.1) is 16.8 Å². The van der Waals surface area contributed by atoms with Crippen molar-refractivity contribution in [2.75, 3.05) is 22.4 Å². The minimum Gasteiger partial charge on any atom is -0.489 e. The second kappa shape index (κ2) is 11.1. The molecule has 34 heavy (non-hydrogen) atoms. The molecule has 0 unspecified atom stereocenters. The van der Waals surface area contributed by atoms with Crippen molar-refractivity contribution in [3.63, 3.8) is 0 Å². The van der Waals surface area contributed by atoms with Gasteiger partial charge in [-0.15, -0.1) is 0 Å². The molecule has 1 aliphatic rings. The average Bonchev–Trinajstić information content (AvgIpc) is 2.81. The molecule has 3 aromatic carbocycles. The van der Waals surface area contributed by atoms with Gasteiger partial charge in [0.15, 0.2) is 0 Å². The lowest BCUT2D eigenvalue weighted by atomic mass is 10.2. The molecule has 1 aliphatic heterocycles. The number of ether oxygens (including phenoxy) is 1. The highest BCUT2D eigenvalue weighted by atomic mass is 79.9. The van der Waals surface area contributed by atoms with Crippen LogP contribution in [0.15, 0.2) is 93.3 Å². The smallest absolute Gasteiger partial charge is 0.264 e. The first kappa shape index (κ1) is 24.3. The van der Waals surface area contributed by atoms with Crippen LogP contribution < -0.4 is 14.5 Å². The summed E-state index contributed by atoms with van der Waals surface area (Å²) in [4.78, 5) is 12.8. The number of carbonyl (C=O) groups is 1. The minimum absolute atomic E-state index is 0.0907. The van der Waals surface area contributed by atoms with Crippen molar-refractivity contribution in [2.45, 2.75) is 11.0 Å². The monoisotopic (exact) mass is 559 g/mol. The summed E-state index contributed by atoms with van der Waals surface area (Å²) in [5, 5.41) is 4.00. The molecule has 1 heterocycles. The summed E-state index contributed by atoms with van der Waals surface area (Å²) in [5.74, 6) is 2.13. The van der Waals surface area contributed by atoms with Crippen LogP contribution in [0, 0.1) is 0 Å². The van der Waals surface area contributed by atoms with E-state index >= 15 is 0 Å². The van der Waals surface area contributed by atoms with Gasteiger partial charge in [0.1, 0.15) is 18.4 Å². The number of hydrazone groups is 1. The minimum atomic E-state index is -3.98. The van der Waals surface area contributed by atoms with Crippen LogP contribution in [0.4, 0.5) is 5.69 Å². The highest BCUT2D eigenvalue weighted by Gasteiger charge is 2.27. The molecule has 7 nitrogen and oxygen atoms in total. The quantitative estimate of drug-likeness (QED) is 0.312. The first-order valence-electron chi connectivity index (χ1n) is 10.4. The van der Waals surface area contributed by atoms with Crippen LogP contribution in [0.25, 0.3) is 0 Å². The number of rotatable bonds is 9. The summed E-state index contributed by atoms with van der Waals surface area (Å²) >= 11 is 5.20. The normalized spacial score (nSPS) is 13.9. The Hall–Kier alpha value is -2.82. The zero-order valence-electron chi connectivity index (χ0n) is 18.0. The van der Waals surface area contributed by atoms with Gasteiger partial charge in [-0.1, -0.05) is 52.3 Å². The molecular weight excluding hydrogens is 538 g/mol. The molecule has 0 radical (unpaired) electrons. The van der Waals surface area contributed by atoms with Crippen LogP contribution in [0.1, 0.15) is 5.56 Å². The number of nitrogens with zero attached hydrogens (tertiary/aromatic N) is 2. The number of halogens is 1. The van der Waals surface area contributed by atoms with E-state index < -0.39 is 22.5 Å². The molecule has 1 amide bonds. The number of thioether (sulfide) groups is 1. The van der Waals surface area contributed by atoms with E-state index in [9.17, 15) is 13.2 Å². The van der Waals surface area contributed by atoms with Crippen molar-refractivity contribution in [1.82, 2.24) is 5.43 Å². The van der Waals surface area contributed by atoms with E-state index in [1.165, 1.54) is 18.3 Å². The Morgan fingerprint density at radius 2 is 1.85 bits per heavy atom. The van der Waals surface area contributed by atoms with Crippen LogP contribution in [-0.4, -0.2) is 44.7 Å². The van der Waals surface area contributed by atoms with Gasteiger partial charge in [-0.25, -0.2) is 13.8 Å². The lowest BCUT2D eigenvalue weighted by Crippen LogP contribution is -2.39. The molecule has 3 aromatic rings. The Kier molecular flexibility index (Phi) is 7.91. The fourth-order valence-electron chi connectivity index (χ4n) is 3.15. The van der Waals surface area contributed by atoms with Gasteiger partial charge in [-0.3, -0.25) is 9.10 Å². The Morgan fingerprint density at radius 1 is 1.09 bits per heavy atom. The molecule has 0 aliphatic carbocycles. The zero-order valence-corrected chi connectivity index (χ0v) is 21.2. The van der Waals surface area contributed by atoms with Crippen molar-refractivity contribution in [3.8, 4) is 5.75 Å². The second-order valence-corrected chi connectivity index (χ2v) is 11.3. The molecule has 1 fully saturated rings. The standard InChI is InChI=1S/C24H22BrN3O4S2/c25-19-7-5-8-20(13-19)28(34(30,31)23-10-2-1-3-11-23)15-24(29)27-26-14-18-6-4-9-21(12-18)32-22-16-33-17-22/h1-14,22H,15-17H2,(H,27,29)/b26-14-. The van der Waals surface area contributed by atoms with Gasteiger partial charge in [0, 0.05) is 16.0 Å². The summed E-state index contributed by atoms with van der Waals surface area (Å²) in [5.41, 5.74) is 3.53. The fourth-order valence-corrected chi connectivity index (χ4v) is 5.54. The average molecular weight is 560 g/mol. The summed E-state index contributed by atoms with van der Waals surface area (Å²) in [6, 6.07) is 22.2. The summed E-state index contributed by atoms with van der Waals surface area (Å²) < 4.78 is 34.2. The fraction of sp³-hybridized carbons (Fsp3) is 0.167. The van der Waals surface area contributed by atoms with Gasteiger partial charge in [0.2, 0.25) is 0 Å². The molecule has 1 N–H and O–H groups in total. The number of carbonyl (C=O) groups excluding carboxylic acids is 1. The van der Waals surface area contributed by atoms with E-state index in [2.05, 4.69) is 26.5 Å². The van der Waals surface area contributed by atoms with Crippen LogP contribution in [0.5, 0.6) is 5.75 Å². The van der Waals surface area contributed by atoms with E-state index in [0.29, 0.717) is 10.2 Å². The van der Waals surface area contributed by atoms with Gasteiger partial charge in [-0.2, -0.15) is 16.9 Å². The lowest BCUT2D eigenvalue weighted by molar-refractivity contribution is -0.119. The Balaban J connectivity index is 1.47. The highest BCUT2D eigenvalue weighted by molar-refractivity contribution is 9.10. The molecule has 0 spiro atoms. The summed E-state index contributed by atoms with van der Waals surface area (Å²) in [6.07, 6.45) is 1.72. The Labute approximate surface area is 211 Å². The topological polar surface area (TPSA) is 88.1 Å². The van der Waals surface area contributed by atoms with Gasteiger partial charge in [-0.05, 0) is 48.0 Å². The predicted molar refractivity (Wildman–Crippen MR) is 139 cm³/mol. The molecule has 10 heteroatoms. The van der Waals surface area contributed by atoms with E-state index in [0.717, 1.165) is 27.1 Å². The third-order valence-corrected chi connectivity index (χ3v) is 8.38. The third-order valence-electron chi connectivity index (χ3n) is 4.89. The van der Waals surface area contributed by atoms with E-state index in [1.54, 1.807) is 42.5 Å². The van der Waals surface area contributed by atoms with Gasteiger partial charge < -0.3 is 4.74 Å². The van der Waals surface area contributed by atoms with Crippen molar-refractivity contribution < 1.29 is 17.9 Å². The largest absolute Gasteiger partial charge is 0.489 e. The van der Waals surface area contributed by atoms with E-state index in [1.807, 2.05) is 36.0 Å². The molecule has 0 saturated carbocycles. The van der Waals surface area contributed by atoms with Crippen LogP contribution in [-0.2, 0) is 14.8 Å². The van der Waals surface area contributed by atoms with Crippen molar-refractivity contribution >= 4 is 55.5 Å². The van der Waals surface area contributed by atoms with Gasteiger partial charge >= 0.3 is 0 Å². The number of anilines is 1. The first-order valence-corrected chi connectivity index (χ1v) is 13.8. The molecule has 0 atom stereocenters. The first-order chi connectivity index (χ1) is 16.4. The number of hydrogen-bond acceptors (Lipinski definition) is 6. The molecule has 1 saturated heterocycles. The van der Waals surface area contributed by atoms with Crippen LogP contribution in [0.2, 0.25) is 0 Å². The zero-order chi connectivity index (χ0) is 24.0. The molecule has 0 bridgehead atoms. The molecule has 4 rings (SSSR count). The van der Waals surface area contributed by atoms with Crippen molar-refractivity contribution in [1.29, 1.82) is 0 Å².